The van der Waals surface area contributed by atoms with E-state index in [4.69, 9.17) is 4.42 Å². The van der Waals surface area contributed by atoms with Gasteiger partial charge in [-0.15, -0.1) is 0 Å². The summed E-state index contributed by atoms with van der Waals surface area (Å²) in [5, 5.41) is 5.91. The minimum atomic E-state index is -0.774. The van der Waals surface area contributed by atoms with Crippen molar-refractivity contribution < 1.29 is 23.2 Å². The highest BCUT2D eigenvalue weighted by molar-refractivity contribution is 5.81. The van der Waals surface area contributed by atoms with E-state index in [1.807, 2.05) is 30.0 Å². The van der Waals surface area contributed by atoms with Crippen molar-refractivity contribution in [2.45, 2.75) is 82.3 Å². The van der Waals surface area contributed by atoms with Crippen LogP contribution in [-0.2, 0) is 14.4 Å². The first kappa shape index (κ1) is 43.6. The first-order chi connectivity index (χ1) is 30.6. The zero-order chi connectivity index (χ0) is 44.0. The molecule has 63 heavy (non-hydrogen) atoms. The van der Waals surface area contributed by atoms with Crippen molar-refractivity contribution in [1.82, 2.24) is 39.1 Å². The monoisotopic (exact) mass is 861 g/mol. The second-order valence-electron chi connectivity index (χ2n) is 17.2. The van der Waals surface area contributed by atoms with E-state index in [2.05, 4.69) is 30.4 Å². The Balaban J connectivity index is 0.771. The molecule has 3 aliphatic heterocycles. The number of halogens is 1. The molecule has 0 radical (unpaired) electrons. The van der Waals surface area contributed by atoms with E-state index < -0.39 is 17.6 Å². The number of pyridine rings is 1. The van der Waals surface area contributed by atoms with E-state index in [0.29, 0.717) is 59.5 Å². The Kier molecular flexibility index (Phi) is 13.6. The maximum Gasteiger partial charge on any atom is 0.420 e. The highest BCUT2D eigenvalue weighted by Gasteiger charge is 2.33. The molecular formula is C47H56FN9O6. The predicted octanol–water partition coefficient (Wildman–Crippen LogP) is 4.99. The topological polar surface area (TPSA) is 168 Å². The van der Waals surface area contributed by atoms with Gasteiger partial charge in [-0.3, -0.25) is 28.4 Å². The Morgan fingerprint density at radius 1 is 0.937 bits per heavy atom. The van der Waals surface area contributed by atoms with Gasteiger partial charge in [-0.2, -0.15) is 0 Å². The molecule has 0 saturated carbocycles. The molecule has 2 amide bonds. The summed E-state index contributed by atoms with van der Waals surface area (Å²) in [6.45, 7) is 8.06. The summed E-state index contributed by atoms with van der Waals surface area (Å²) in [7, 11) is 1.54. The molecule has 8 rings (SSSR count). The summed E-state index contributed by atoms with van der Waals surface area (Å²) in [5.74, 6) is 0.0613. The van der Waals surface area contributed by atoms with Crippen LogP contribution in [0, 0.1) is 11.7 Å². The molecule has 5 aromatic rings. The highest BCUT2D eigenvalue weighted by Crippen LogP contribution is 2.32. The van der Waals surface area contributed by atoms with Crippen LogP contribution in [0.2, 0.25) is 0 Å². The van der Waals surface area contributed by atoms with Crippen LogP contribution in [0.4, 0.5) is 10.3 Å². The number of oxazole rings is 1. The summed E-state index contributed by atoms with van der Waals surface area (Å²) >= 11 is 0. The van der Waals surface area contributed by atoms with Gasteiger partial charge in [-0.05, 0) is 126 Å². The molecule has 3 saturated heterocycles. The highest BCUT2D eigenvalue weighted by atomic mass is 19.1. The van der Waals surface area contributed by atoms with Gasteiger partial charge in [0.15, 0.2) is 11.4 Å². The second-order valence-corrected chi connectivity index (χ2v) is 17.2. The van der Waals surface area contributed by atoms with Crippen molar-refractivity contribution in [3.05, 3.63) is 105 Å². The number of carbonyl (C=O) groups is 3. The minimum absolute atomic E-state index is 0.0344. The number of anilines is 1. The normalized spacial score (nSPS) is 18.3. The van der Waals surface area contributed by atoms with E-state index in [0.717, 1.165) is 83.0 Å². The van der Waals surface area contributed by atoms with Crippen molar-refractivity contribution in [1.29, 1.82) is 0 Å². The SMILES string of the molecule is CNC(=O)CCC(C=O)n1c(=O)oc2cc(C3CCN(CC4CCN(C(C)C(=O)N5CCC(Nc6ncc(F)c(-c7cccc(-n8ccccc8=O)c7)n6)CC5)CC4)CC3)ccc21. The number of carbonyl (C=O) groups excluding carboxylic acids is 3. The molecule has 6 heterocycles. The second kappa shape index (κ2) is 19.6. The Morgan fingerprint density at radius 3 is 2.44 bits per heavy atom. The number of nitrogens with one attached hydrogen (secondary N) is 2. The third-order valence-corrected chi connectivity index (χ3v) is 13.3. The van der Waals surface area contributed by atoms with Gasteiger partial charge in [0.2, 0.25) is 17.8 Å². The fourth-order valence-electron chi connectivity index (χ4n) is 9.55. The van der Waals surface area contributed by atoms with E-state index >= 15 is 4.39 Å². The summed E-state index contributed by atoms with van der Waals surface area (Å²) in [6, 6.07) is 16.9. The minimum Gasteiger partial charge on any atom is -0.408 e. The predicted molar refractivity (Wildman–Crippen MR) is 237 cm³/mol. The van der Waals surface area contributed by atoms with Crippen molar-refractivity contribution in [3.63, 3.8) is 0 Å². The van der Waals surface area contributed by atoms with E-state index in [1.54, 1.807) is 49.6 Å². The van der Waals surface area contributed by atoms with Crippen LogP contribution >= 0.6 is 0 Å². The molecular weight excluding hydrogens is 806 g/mol. The maximum absolute atomic E-state index is 15.0. The van der Waals surface area contributed by atoms with Gasteiger partial charge in [-0.1, -0.05) is 24.3 Å². The van der Waals surface area contributed by atoms with Crippen LogP contribution in [0.3, 0.4) is 0 Å². The van der Waals surface area contributed by atoms with E-state index in [-0.39, 0.29) is 48.0 Å². The number of nitrogens with zero attached hydrogens (tertiary/aromatic N) is 7. The van der Waals surface area contributed by atoms with Gasteiger partial charge in [-0.25, -0.2) is 19.2 Å². The van der Waals surface area contributed by atoms with Crippen molar-refractivity contribution in [2.75, 3.05) is 58.2 Å². The molecule has 16 heteroatoms. The van der Waals surface area contributed by atoms with E-state index in [1.165, 1.54) is 15.2 Å². The van der Waals surface area contributed by atoms with Gasteiger partial charge in [0.05, 0.1) is 23.8 Å². The van der Waals surface area contributed by atoms with E-state index in [9.17, 15) is 24.0 Å². The summed E-state index contributed by atoms with van der Waals surface area (Å²) < 4.78 is 23.5. The number of hydrogen-bond acceptors (Lipinski definition) is 11. The van der Waals surface area contributed by atoms with Crippen molar-refractivity contribution >= 4 is 35.1 Å². The quantitative estimate of drug-likeness (QED) is 0.145. The van der Waals surface area contributed by atoms with Gasteiger partial charge >= 0.3 is 5.76 Å². The molecule has 3 aliphatic rings. The molecule has 0 spiro atoms. The Bertz CT molecular complexity index is 2530. The lowest BCUT2D eigenvalue weighted by atomic mass is 9.88. The number of fused-ring (bicyclic) bond motifs is 1. The van der Waals surface area contributed by atoms with Crippen LogP contribution < -0.4 is 21.9 Å². The number of benzene rings is 2. The molecule has 3 aromatic heterocycles. The third kappa shape index (κ3) is 9.97. The summed E-state index contributed by atoms with van der Waals surface area (Å²) in [4.78, 5) is 78.1. The fourth-order valence-corrected chi connectivity index (χ4v) is 9.55. The number of piperidine rings is 3. The lowest BCUT2D eigenvalue weighted by Crippen LogP contribution is -2.53. The number of aromatic nitrogens is 4. The molecule has 2 N–H and O–H groups in total. The molecule has 2 aromatic carbocycles. The molecule has 332 valence electrons. The van der Waals surface area contributed by atoms with Gasteiger partial charge in [0.1, 0.15) is 12.0 Å². The Hall–Kier alpha value is -6.00. The Morgan fingerprint density at radius 2 is 1.71 bits per heavy atom. The molecule has 2 atom stereocenters. The largest absolute Gasteiger partial charge is 0.420 e. The van der Waals surface area contributed by atoms with Gasteiger partial charge < -0.3 is 29.6 Å². The van der Waals surface area contributed by atoms with Crippen LogP contribution in [0.5, 0.6) is 0 Å². The molecule has 0 aliphatic carbocycles. The van der Waals surface area contributed by atoms with Gasteiger partial charge in [0, 0.05) is 62.7 Å². The third-order valence-electron chi connectivity index (χ3n) is 13.3. The number of aldehydes is 1. The molecule has 0 bridgehead atoms. The zero-order valence-electron chi connectivity index (χ0n) is 36.0. The van der Waals surface area contributed by atoms with Crippen LogP contribution in [0.15, 0.2) is 87.1 Å². The average Bonchev–Trinajstić information content (AvgIpc) is 3.64. The van der Waals surface area contributed by atoms with Crippen molar-refractivity contribution in [2.24, 2.45) is 5.92 Å². The van der Waals surface area contributed by atoms with Crippen LogP contribution in [0.25, 0.3) is 28.0 Å². The van der Waals surface area contributed by atoms with Crippen molar-refractivity contribution in [3.8, 4) is 16.9 Å². The number of amides is 2. The first-order valence-electron chi connectivity index (χ1n) is 22.2. The zero-order valence-corrected chi connectivity index (χ0v) is 36.0. The summed E-state index contributed by atoms with van der Waals surface area (Å²) in [5.41, 5.74) is 3.26. The lowest BCUT2D eigenvalue weighted by Gasteiger charge is -2.41. The lowest BCUT2D eigenvalue weighted by molar-refractivity contribution is -0.138. The molecule has 3 fully saturated rings. The first-order valence-corrected chi connectivity index (χ1v) is 22.2. The average molecular weight is 862 g/mol. The summed E-state index contributed by atoms with van der Waals surface area (Å²) in [6.07, 6.45) is 9.44. The number of rotatable bonds is 14. The number of hydrogen-bond donors (Lipinski definition) is 2. The fraction of sp³-hybridized carbons (Fsp3) is 0.468. The molecule has 15 nitrogen and oxygen atoms in total. The smallest absolute Gasteiger partial charge is 0.408 e. The Labute approximate surface area is 365 Å². The number of likely N-dealkylation sites (tertiary alicyclic amines) is 3. The van der Waals surface area contributed by atoms with Gasteiger partial charge in [0.25, 0.3) is 5.56 Å². The molecule has 2 unspecified atom stereocenters. The maximum atomic E-state index is 15.0. The standard InChI is InChI=1S/C47H56FN9O6/c1-31(45(61)55-24-17-36(18-25-55)51-46-50-28-39(48)44(52-46)35-6-5-7-37(26-35)56-19-4-3-8-43(56)60)54-22-13-32(14-23-54)29-53-20-15-33(16-21-53)34-9-11-40-41(27-34)63-47(62)57(40)38(30-58)10-12-42(59)49-2/h3-9,11,19,26-28,30-33,36,38H,10,12-18,20-25,29H2,1-2H3,(H,49,59)(H,50,51,52). The van der Waals surface area contributed by atoms with Crippen LogP contribution in [-0.4, -0.2) is 117 Å². The van der Waals surface area contributed by atoms with Crippen LogP contribution in [0.1, 0.15) is 75.8 Å².